The van der Waals surface area contributed by atoms with Gasteiger partial charge in [0.1, 0.15) is 11.6 Å². The predicted octanol–water partition coefficient (Wildman–Crippen LogP) is 5.13. The molecule has 0 saturated heterocycles. The Hall–Kier alpha value is -3.33. The van der Waals surface area contributed by atoms with E-state index in [0.717, 1.165) is 40.6 Å². The molecule has 8 nitrogen and oxygen atoms in total. The molecule has 4 rings (SSSR count). The lowest BCUT2D eigenvalue weighted by atomic mass is 10.0. The van der Waals surface area contributed by atoms with Crippen molar-refractivity contribution in [2.24, 2.45) is 0 Å². The fraction of sp³-hybridized carbons (Fsp3) is 0.385. The van der Waals surface area contributed by atoms with Gasteiger partial charge in [-0.2, -0.15) is 5.10 Å². The monoisotopic (exact) mass is 492 g/mol. The molecule has 0 radical (unpaired) electrons. The summed E-state index contributed by atoms with van der Waals surface area (Å²) in [6.45, 7) is 10.5. The van der Waals surface area contributed by atoms with E-state index in [1.54, 1.807) is 18.0 Å². The summed E-state index contributed by atoms with van der Waals surface area (Å²) in [5.41, 5.74) is 1.32. The second kappa shape index (κ2) is 11.4. The number of rotatable bonds is 11. The Morgan fingerprint density at radius 1 is 1.09 bits per heavy atom. The largest absolute Gasteiger partial charge is 0.493 e. The summed E-state index contributed by atoms with van der Waals surface area (Å²) in [6, 6.07) is 11.7. The highest BCUT2D eigenvalue weighted by atomic mass is 32.2. The van der Waals surface area contributed by atoms with Gasteiger partial charge in [-0.05, 0) is 30.2 Å². The SMILES string of the molecule is CCCNc1nc(SC(C)C)nc2c1cnn2CCNC(=O)c1c(OCC)ccc2ccccc12. The number of hydrogen-bond donors (Lipinski definition) is 2. The minimum Gasteiger partial charge on any atom is -0.493 e. The summed E-state index contributed by atoms with van der Waals surface area (Å²) in [5.74, 6) is 1.22. The van der Waals surface area contributed by atoms with Crippen molar-refractivity contribution in [3.05, 3.63) is 48.2 Å². The zero-order valence-corrected chi connectivity index (χ0v) is 21.5. The first kappa shape index (κ1) is 24.8. The van der Waals surface area contributed by atoms with Gasteiger partial charge in [0.15, 0.2) is 10.8 Å². The Kier molecular flexibility index (Phi) is 8.07. The fourth-order valence-electron chi connectivity index (χ4n) is 3.87. The van der Waals surface area contributed by atoms with Crippen molar-refractivity contribution in [3.63, 3.8) is 0 Å². The molecule has 0 bridgehead atoms. The van der Waals surface area contributed by atoms with Gasteiger partial charge in [0.25, 0.3) is 5.91 Å². The van der Waals surface area contributed by atoms with Gasteiger partial charge < -0.3 is 15.4 Å². The van der Waals surface area contributed by atoms with E-state index in [1.165, 1.54) is 0 Å². The maximum absolute atomic E-state index is 13.2. The molecule has 0 fully saturated rings. The summed E-state index contributed by atoms with van der Waals surface area (Å²) < 4.78 is 7.59. The van der Waals surface area contributed by atoms with Crippen LogP contribution in [0.5, 0.6) is 5.75 Å². The lowest BCUT2D eigenvalue weighted by Gasteiger charge is -2.14. The number of amides is 1. The number of anilines is 1. The van der Waals surface area contributed by atoms with Crippen molar-refractivity contribution in [2.45, 2.75) is 51.1 Å². The molecular weight excluding hydrogens is 460 g/mol. The Balaban J connectivity index is 1.55. The van der Waals surface area contributed by atoms with Crippen LogP contribution in [0, 0.1) is 0 Å². The van der Waals surface area contributed by atoms with E-state index < -0.39 is 0 Å². The number of ether oxygens (including phenoxy) is 1. The maximum Gasteiger partial charge on any atom is 0.255 e. The lowest BCUT2D eigenvalue weighted by molar-refractivity contribution is 0.0950. The minimum atomic E-state index is -0.169. The number of nitrogens with zero attached hydrogens (tertiary/aromatic N) is 4. The third-order valence-corrected chi connectivity index (χ3v) is 6.25. The Labute approximate surface area is 209 Å². The quantitative estimate of drug-likeness (QED) is 0.221. The van der Waals surface area contributed by atoms with Crippen molar-refractivity contribution in [2.75, 3.05) is 25.0 Å². The first-order chi connectivity index (χ1) is 17.0. The molecule has 35 heavy (non-hydrogen) atoms. The van der Waals surface area contributed by atoms with Gasteiger partial charge in [-0.25, -0.2) is 14.6 Å². The highest BCUT2D eigenvalue weighted by Gasteiger charge is 2.18. The second-order valence-electron chi connectivity index (χ2n) is 8.40. The molecule has 0 spiro atoms. The van der Waals surface area contributed by atoms with Crippen molar-refractivity contribution >= 4 is 45.3 Å². The highest BCUT2D eigenvalue weighted by molar-refractivity contribution is 7.99. The number of hydrogen-bond acceptors (Lipinski definition) is 7. The normalized spacial score (nSPS) is 11.3. The smallest absolute Gasteiger partial charge is 0.255 e. The molecule has 1 amide bonds. The molecule has 2 aromatic heterocycles. The number of thioether (sulfide) groups is 1. The van der Waals surface area contributed by atoms with Gasteiger partial charge in [0.05, 0.1) is 30.3 Å². The number of aromatic nitrogens is 4. The van der Waals surface area contributed by atoms with E-state index in [0.29, 0.717) is 41.4 Å². The van der Waals surface area contributed by atoms with E-state index in [2.05, 4.69) is 36.5 Å². The number of benzene rings is 2. The molecule has 9 heteroatoms. The van der Waals surface area contributed by atoms with Gasteiger partial charge >= 0.3 is 0 Å². The van der Waals surface area contributed by atoms with E-state index in [4.69, 9.17) is 14.7 Å². The molecule has 2 heterocycles. The number of carbonyl (C=O) groups is 1. The molecule has 2 N–H and O–H groups in total. The van der Waals surface area contributed by atoms with Crippen LogP contribution in [-0.2, 0) is 6.54 Å². The van der Waals surface area contributed by atoms with Crippen LogP contribution in [0.1, 0.15) is 44.5 Å². The van der Waals surface area contributed by atoms with Crippen LogP contribution in [0.25, 0.3) is 21.8 Å². The van der Waals surface area contributed by atoms with Crippen LogP contribution < -0.4 is 15.4 Å². The molecule has 4 aromatic rings. The Morgan fingerprint density at radius 3 is 2.69 bits per heavy atom. The van der Waals surface area contributed by atoms with Gasteiger partial charge in [-0.3, -0.25) is 4.79 Å². The first-order valence-electron chi connectivity index (χ1n) is 12.1. The third-order valence-electron chi connectivity index (χ3n) is 5.39. The standard InChI is InChI=1S/C26H32N6O2S/c1-5-13-27-23-20-16-29-32(24(20)31-26(30-23)35-17(3)4)15-14-28-25(33)22-19-10-8-7-9-18(19)11-12-21(22)34-6-2/h7-12,16-17H,5-6,13-15H2,1-4H3,(H,28,33)(H,27,30,31). The van der Waals surface area contributed by atoms with Crippen LogP contribution >= 0.6 is 11.8 Å². The van der Waals surface area contributed by atoms with E-state index in [-0.39, 0.29) is 5.91 Å². The van der Waals surface area contributed by atoms with E-state index in [9.17, 15) is 4.79 Å². The highest BCUT2D eigenvalue weighted by Crippen LogP contribution is 2.29. The van der Waals surface area contributed by atoms with Gasteiger partial charge in [-0.15, -0.1) is 0 Å². The van der Waals surface area contributed by atoms with Crippen molar-refractivity contribution in [1.82, 2.24) is 25.1 Å². The summed E-state index contributed by atoms with van der Waals surface area (Å²) >= 11 is 1.62. The van der Waals surface area contributed by atoms with Gasteiger partial charge in [0.2, 0.25) is 0 Å². The molecule has 0 unspecified atom stereocenters. The second-order valence-corrected chi connectivity index (χ2v) is 9.95. The summed E-state index contributed by atoms with van der Waals surface area (Å²) in [6.07, 6.45) is 2.78. The molecule has 0 aliphatic carbocycles. The Morgan fingerprint density at radius 2 is 1.91 bits per heavy atom. The predicted molar refractivity (Wildman–Crippen MR) is 143 cm³/mol. The maximum atomic E-state index is 13.2. The molecule has 0 atom stereocenters. The molecule has 2 aromatic carbocycles. The molecule has 0 aliphatic rings. The van der Waals surface area contributed by atoms with Crippen molar-refractivity contribution < 1.29 is 9.53 Å². The van der Waals surface area contributed by atoms with Crippen LogP contribution in [0.2, 0.25) is 0 Å². The van der Waals surface area contributed by atoms with Crippen LogP contribution in [0.4, 0.5) is 5.82 Å². The van der Waals surface area contributed by atoms with Crippen molar-refractivity contribution in [1.29, 1.82) is 0 Å². The summed E-state index contributed by atoms with van der Waals surface area (Å²) in [7, 11) is 0. The minimum absolute atomic E-state index is 0.169. The molecule has 0 saturated carbocycles. The zero-order valence-electron chi connectivity index (χ0n) is 20.7. The zero-order chi connectivity index (χ0) is 24.8. The van der Waals surface area contributed by atoms with Crippen LogP contribution in [0.3, 0.4) is 0 Å². The van der Waals surface area contributed by atoms with Crippen molar-refractivity contribution in [3.8, 4) is 5.75 Å². The van der Waals surface area contributed by atoms with Gasteiger partial charge in [0, 0.05) is 18.3 Å². The third kappa shape index (κ3) is 5.67. The number of carbonyl (C=O) groups excluding carboxylic acids is 1. The topological polar surface area (TPSA) is 94.0 Å². The summed E-state index contributed by atoms with van der Waals surface area (Å²) in [5, 5.41) is 14.8. The van der Waals surface area contributed by atoms with Crippen LogP contribution in [-0.4, -0.2) is 50.6 Å². The van der Waals surface area contributed by atoms with Gasteiger partial charge in [-0.1, -0.05) is 62.9 Å². The number of nitrogens with one attached hydrogen (secondary N) is 2. The first-order valence-corrected chi connectivity index (χ1v) is 13.0. The Bertz CT molecular complexity index is 1320. The van der Waals surface area contributed by atoms with E-state index >= 15 is 0 Å². The molecular formula is C26H32N6O2S. The van der Waals surface area contributed by atoms with Crippen LogP contribution in [0.15, 0.2) is 47.8 Å². The molecule has 184 valence electrons. The number of fused-ring (bicyclic) bond motifs is 2. The van der Waals surface area contributed by atoms with E-state index in [1.807, 2.05) is 48.0 Å². The summed E-state index contributed by atoms with van der Waals surface area (Å²) in [4.78, 5) is 22.7. The fourth-order valence-corrected chi connectivity index (χ4v) is 4.57. The lowest BCUT2D eigenvalue weighted by Crippen LogP contribution is -2.28. The molecule has 0 aliphatic heterocycles. The average Bonchev–Trinajstić information content (AvgIpc) is 3.25. The average molecular weight is 493 g/mol.